The Labute approximate surface area is 244 Å². The summed E-state index contributed by atoms with van der Waals surface area (Å²) in [6.07, 6.45) is 2.35. The van der Waals surface area contributed by atoms with Gasteiger partial charge in [-0.2, -0.15) is 5.06 Å². The van der Waals surface area contributed by atoms with Crippen molar-refractivity contribution in [2.45, 2.75) is 68.9 Å². The summed E-state index contributed by atoms with van der Waals surface area (Å²) in [5, 5.41) is 3.65. The molecule has 0 radical (unpaired) electrons. The average molecular weight is 599 g/mol. The Balaban J connectivity index is 1.04. The van der Waals surface area contributed by atoms with Crippen molar-refractivity contribution >= 4 is 27.7 Å². The van der Waals surface area contributed by atoms with Crippen molar-refractivity contribution in [3.05, 3.63) is 70.5 Å². The molecular formula is C30H35FN4O6S. The number of hydroxylamine groups is 2. The molecule has 224 valence electrons. The molecule has 6 rings (SSSR count). The maximum Gasteiger partial charge on any atom is 0.255 e. The van der Waals surface area contributed by atoms with Crippen molar-refractivity contribution in [3.63, 3.8) is 0 Å². The lowest BCUT2D eigenvalue weighted by atomic mass is 9.88. The Kier molecular flexibility index (Phi) is 8.14. The second-order valence-electron chi connectivity index (χ2n) is 11.5. The van der Waals surface area contributed by atoms with Crippen LogP contribution in [0.25, 0.3) is 0 Å². The average Bonchev–Trinajstić information content (AvgIpc) is 3.31. The first-order chi connectivity index (χ1) is 20.2. The van der Waals surface area contributed by atoms with Crippen LogP contribution in [0.1, 0.15) is 71.5 Å². The zero-order valence-corrected chi connectivity index (χ0v) is 24.2. The van der Waals surface area contributed by atoms with Crippen LogP contribution in [-0.4, -0.2) is 77.9 Å². The van der Waals surface area contributed by atoms with Crippen molar-refractivity contribution in [3.8, 4) is 0 Å². The van der Waals surface area contributed by atoms with E-state index in [4.69, 9.17) is 4.84 Å². The zero-order valence-electron chi connectivity index (χ0n) is 23.3. The van der Waals surface area contributed by atoms with Gasteiger partial charge in [-0.15, -0.1) is 0 Å². The summed E-state index contributed by atoms with van der Waals surface area (Å²) in [5.74, 6) is -1.94. The summed E-state index contributed by atoms with van der Waals surface area (Å²) in [4.78, 5) is 44.1. The summed E-state index contributed by atoms with van der Waals surface area (Å²) in [6, 6.07) is 12.0. The van der Waals surface area contributed by atoms with Crippen LogP contribution < -0.4 is 5.32 Å². The lowest BCUT2D eigenvalue weighted by Crippen LogP contribution is -2.52. The van der Waals surface area contributed by atoms with Crippen molar-refractivity contribution in [1.82, 2.24) is 19.6 Å². The number of hydrogen-bond donors (Lipinski definition) is 1. The van der Waals surface area contributed by atoms with Crippen LogP contribution in [-0.2, 0) is 37.6 Å². The van der Waals surface area contributed by atoms with E-state index in [9.17, 15) is 22.8 Å². The van der Waals surface area contributed by atoms with Gasteiger partial charge in [0.05, 0.1) is 11.9 Å². The quantitative estimate of drug-likeness (QED) is 0.488. The van der Waals surface area contributed by atoms with Crippen LogP contribution in [0.4, 0.5) is 4.39 Å². The number of hydrogen-bond acceptors (Lipinski definition) is 7. The van der Waals surface area contributed by atoms with Gasteiger partial charge in [0.15, 0.2) is 0 Å². The highest BCUT2D eigenvalue weighted by Crippen LogP contribution is 2.36. The minimum atomic E-state index is -3.49. The van der Waals surface area contributed by atoms with Gasteiger partial charge < -0.3 is 4.90 Å². The molecule has 1 unspecified atom stereocenters. The minimum Gasteiger partial charge on any atom is -0.322 e. The number of fused-ring (bicyclic) bond motifs is 1. The number of nitrogens with one attached hydrogen (secondary N) is 1. The van der Waals surface area contributed by atoms with Gasteiger partial charge in [0.1, 0.15) is 11.9 Å². The van der Waals surface area contributed by atoms with Crippen LogP contribution in [0, 0.1) is 5.82 Å². The second kappa shape index (κ2) is 11.8. The zero-order chi connectivity index (χ0) is 29.4. The highest BCUT2D eigenvalue weighted by Gasteiger charge is 2.41. The maximum atomic E-state index is 15.3. The fourth-order valence-corrected chi connectivity index (χ4v) is 8.50. The van der Waals surface area contributed by atoms with Crippen molar-refractivity contribution in [1.29, 1.82) is 0 Å². The van der Waals surface area contributed by atoms with Crippen LogP contribution >= 0.6 is 0 Å². The van der Waals surface area contributed by atoms with Gasteiger partial charge in [-0.1, -0.05) is 36.4 Å². The Hall–Kier alpha value is -3.19. The SMILES string of the molecule is O=C1CCC(N2Cc3cc(C4CCN(S(=O)(=O)C5CCN(OCc6ccccc6)CC5)CC4)c(F)cc3C2=O)C(=O)N1. The van der Waals surface area contributed by atoms with Gasteiger partial charge in [-0.3, -0.25) is 24.5 Å². The Bertz CT molecular complexity index is 1470. The first kappa shape index (κ1) is 28.9. The number of carbonyl (C=O) groups is 3. The van der Waals surface area contributed by atoms with Gasteiger partial charge >= 0.3 is 0 Å². The molecule has 0 aromatic heterocycles. The summed E-state index contributed by atoms with van der Waals surface area (Å²) in [5.41, 5.74) is 2.43. The Morgan fingerprint density at radius 1 is 0.929 bits per heavy atom. The summed E-state index contributed by atoms with van der Waals surface area (Å²) in [7, 11) is -3.49. The van der Waals surface area contributed by atoms with Crippen molar-refractivity contribution in [2.24, 2.45) is 0 Å². The van der Waals surface area contributed by atoms with Crippen LogP contribution in [0.3, 0.4) is 0 Å². The van der Waals surface area contributed by atoms with Gasteiger partial charge in [0, 0.05) is 44.7 Å². The number of nitrogens with zero attached hydrogens (tertiary/aromatic N) is 3. The van der Waals surface area contributed by atoms with Crippen LogP contribution in [0.5, 0.6) is 0 Å². The fourth-order valence-electron chi connectivity index (χ4n) is 6.55. The van der Waals surface area contributed by atoms with E-state index >= 15 is 4.39 Å². The standard InChI is InChI=1S/C30H35FN4O6S/c31-26-17-25-22(18-35(30(25)38)27-6-7-28(36)32-29(27)37)16-24(26)21-8-14-34(15-9-21)42(39,40)23-10-12-33(13-11-23)41-19-20-4-2-1-3-5-20/h1-5,16-17,21,23,27H,6-15,18-19H2,(H,32,36,37). The molecule has 3 amide bonds. The molecule has 2 aromatic carbocycles. The lowest BCUT2D eigenvalue weighted by molar-refractivity contribution is -0.177. The number of rotatable bonds is 7. The number of imide groups is 1. The molecule has 0 bridgehead atoms. The normalized spacial score (nSPS) is 23.3. The fraction of sp³-hybridized carbons (Fsp3) is 0.500. The number of piperidine rings is 3. The molecule has 0 saturated carbocycles. The number of benzene rings is 2. The van der Waals surface area contributed by atoms with Crippen molar-refractivity contribution < 1.29 is 32.0 Å². The molecular weight excluding hydrogens is 563 g/mol. The Morgan fingerprint density at radius 3 is 2.33 bits per heavy atom. The van der Waals surface area contributed by atoms with Gasteiger partial charge in [0.2, 0.25) is 21.8 Å². The molecule has 42 heavy (non-hydrogen) atoms. The third-order valence-electron chi connectivity index (χ3n) is 8.97. The molecule has 12 heteroatoms. The molecule has 4 aliphatic rings. The molecule has 4 aliphatic heterocycles. The molecule has 0 aliphatic carbocycles. The van der Waals surface area contributed by atoms with E-state index in [-0.39, 0.29) is 36.8 Å². The van der Waals surface area contributed by atoms with E-state index in [0.29, 0.717) is 69.6 Å². The lowest BCUT2D eigenvalue weighted by Gasteiger charge is -2.37. The smallest absolute Gasteiger partial charge is 0.255 e. The predicted octanol–water partition coefficient (Wildman–Crippen LogP) is 2.69. The van der Waals surface area contributed by atoms with Crippen LogP contribution in [0.2, 0.25) is 0 Å². The topological polar surface area (TPSA) is 116 Å². The number of sulfonamides is 1. The highest BCUT2D eigenvalue weighted by molar-refractivity contribution is 7.89. The second-order valence-corrected chi connectivity index (χ2v) is 13.7. The first-order valence-electron chi connectivity index (χ1n) is 14.6. The van der Waals surface area contributed by atoms with Gasteiger partial charge in [0.25, 0.3) is 5.91 Å². The summed E-state index contributed by atoms with van der Waals surface area (Å²) in [6.45, 7) is 2.35. The minimum absolute atomic E-state index is 0.152. The molecule has 0 spiro atoms. The maximum absolute atomic E-state index is 15.3. The molecule has 10 nitrogen and oxygen atoms in total. The number of carbonyl (C=O) groups excluding carboxylic acids is 3. The van der Waals surface area contributed by atoms with E-state index < -0.39 is 38.9 Å². The van der Waals surface area contributed by atoms with Crippen molar-refractivity contribution in [2.75, 3.05) is 26.2 Å². The van der Waals surface area contributed by atoms with E-state index in [2.05, 4.69) is 5.32 Å². The molecule has 1 atom stereocenters. The van der Waals surface area contributed by atoms with Gasteiger partial charge in [-0.05, 0) is 60.8 Å². The Morgan fingerprint density at radius 2 is 1.64 bits per heavy atom. The van der Waals surface area contributed by atoms with E-state index in [1.165, 1.54) is 11.0 Å². The molecule has 3 fully saturated rings. The number of amides is 3. The van der Waals surface area contributed by atoms with E-state index in [0.717, 1.165) is 5.56 Å². The summed E-state index contributed by atoms with van der Waals surface area (Å²) < 4.78 is 43.7. The molecule has 4 heterocycles. The third-order valence-corrected chi connectivity index (χ3v) is 11.4. The summed E-state index contributed by atoms with van der Waals surface area (Å²) >= 11 is 0. The highest BCUT2D eigenvalue weighted by atomic mass is 32.2. The molecule has 3 saturated heterocycles. The predicted molar refractivity (Wildman–Crippen MR) is 151 cm³/mol. The molecule has 2 aromatic rings. The largest absolute Gasteiger partial charge is 0.322 e. The first-order valence-corrected chi connectivity index (χ1v) is 16.1. The molecule has 1 N–H and O–H groups in total. The monoisotopic (exact) mass is 598 g/mol. The van der Waals surface area contributed by atoms with E-state index in [1.807, 2.05) is 35.4 Å². The third kappa shape index (κ3) is 5.72. The van der Waals surface area contributed by atoms with Gasteiger partial charge in [-0.25, -0.2) is 17.1 Å². The van der Waals surface area contributed by atoms with Crippen LogP contribution in [0.15, 0.2) is 42.5 Å². The van der Waals surface area contributed by atoms with E-state index in [1.54, 1.807) is 10.4 Å². The number of halogens is 1.